The lowest BCUT2D eigenvalue weighted by Gasteiger charge is -2.11. The normalized spacial score (nSPS) is 13.1. The summed E-state index contributed by atoms with van der Waals surface area (Å²) in [7, 11) is 3.66. The first-order valence-corrected chi connectivity index (χ1v) is 4.92. The van der Waals surface area contributed by atoms with Crippen LogP contribution in [0.25, 0.3) is 0 Å². The van der Waals surface area contributed by atoms with Gasteiger partial charge in [0.2, 0.25) is 0 Å². The summed E-state index contributed by atoms with van der Waals surface area (Å²) in [6, 6.07) is 0.482. The number of hydrogen-bond donors (Lipinski definition) is 1. The molecule has 80 valence electrons. The lowest BCUT2D eigenvalue weighted by Crippen LogP contribution is -2.26. The Balaban J connectivity index is 2.20. The molecular weight excluding hydrogens is 178 g/mol. The standard InChI is InChI=1S/C10H19N3O/c1-9(4-5-14-3)11-6-10-7-12-13(2)8-10/h7-9,11H,4-6H2,1-3H3. The van der Waals surface area contributed by atoms with Gasteiger partial charge in [0, 0.05) is 45.1 Å². The number of methoxy groups -OCH3 is 1. The minimum atomic E-state index is 0.482. The first kappa shape index (κ1) is 11.2. The molecule has 1 rings (SSSR count). The SMILES string of the molecule is COCCC(C)NCc1cnn(C)c1. The number of ether oxygens (including phenoxy) is 1. The molecule has 0 spiro atoms. The Morgan fingerprint density at radius 1 is 1.64 bits per heavy atom. The first-order chi connectivity index (χ1) is 6.72. The molecule has 0 saturated carbocycles. The van der Waals surface area contributed by atoms with Gasteiger partial charge in [-0.2, -0.15) is 5.10 Å². The van der Waals surface area contributed by atoms with Crippen LogP contribution in [0.5, 0.6) is 0 Å². The van der Waals surface area contributed by atoms with Crippen LogP contribution < -0.4 is 5.32 Å². The van der Waals surface area contributed by atoms with Crippen molar-refractivity contribution in [2.45, 2.75) is 25.9 Å². The first-order valence-electron chi connectivity index (χ1n) is 4.92. The van der Waals surface area contributed by atoms with Gasteiger partial charge in [0.15, 0.2) is 0 Å². The van der Waals surface area contributed by atoms with Crippen molar-refractivity contribution in [3.05, 3.63) is 18.0 Å². The van der Waals surface area contributed by atoms with Crippen molar-refractivity contribution in [1.29, 1.82) is 0 Å². The van der Waals surface area contributed by atoms with Gasteiger partial charge < -0.3 is 10.1 Å². The fourth-order valence-corrected chi connectivity index (χ4v) is 1.25. The third-order valence-electron chi connectivity index (χ3n) is 2.17. The number of rotatable bonds is 6. The molecule has 1 atom stereocenters. The third-order valence-corrected chi connectivity index (χ3v) is 2.17. The molecule has 14 heavy (non-hydrogen) atoms. The topological polar surface area (TPSA) is 39.1 Å². The van der Waals surface area contributed by atoms with E-state index in [0.29, 0.717) is 6.04 Å². The Morgan fingerprint density at radius 2 is 2.43 bits per heavy atom. The molecule has 0 amide bonds. The average Bonchev–Trinajstić information content (AvgIpc) is 2.58. The van der Waals surface area contributed by atoms with Crippen LogP contribution >= 0.6 is 0 Å². The number of aryl methyl sites for hydroxylation is 1. The molecule has 4 nitrogen and oxygen atoms in total. The average molecular weight is 197 g/mol. The van der Waals surface area contributed by atoms with Gasteiger partial charge >= 0.3 is 0 Å². The van der Waals surface area contributed by atoms with Gasteiger partial charge in [-0.3, -0.25) is 4.68 Å². The lowest BCUT2D eigenvalue weighted by atomic mass is 10.2. The molecule has 4 heteroatoms. The van der Waals surface area contributed by atoms with Gasteiger partial charge in [0.25, 0.3) is 0 Å². The van der Waals surface area contributed by atoms with Crippen LogP contribution in [0, 0.1) is 0 Å². The fourth-order valence-electron chi connectivity index (χ4n) is 1.25. The quantitative estimate of drug-likeness (QED) is 0.737. The van der Waals surface area contributed by atoms with Crippen LogP contribution in [0.1, 0.15) is 18.9 Å². The van der Waals surface area contributed by atoms with Crippen LogP contribution in [-0.2, 0) is 18.3 Å². The van der Waals surface area contributed by atoms with Gasteiger partial charge in [-0.1, -0.05) is 0 Å². The summed E-state index contributed by atoms with van der Waals surface area (Å²) < 4.78 is 6.83. The summed E-state index contributed by atoms with van der Waals surface area (Å²) >= 11 is 0. The molecule has 1 aromatic heterocycles. The summed E-state index contributed by atoms with van der Waals surface area (Å²) in [6.07, 6.45) is 4.95. The molecule has 0 aliphatic heterocycles. The van der Waals surface area contributed by atoms with Crippen LogP contribution in [-0.4, -0.2) is 29.5 Å². The Morgan fingerprint density at radius 3 is 3.00 bits per heavy atom. The third kappa shape index (κ3) is 3.89. The van der Waals surface area contributed by atoms with E-state index in [1.54, 1.807) is 7.11 Å². The second-order valence-electron chi connectivity index (χ2n) is 3.59. The molecule has 1 aromatic rings. The van der Waals surface area contributed by atoms with E-state index in [4.69, 9.17) is 4.74 Å². The van der Waals surface area contributed by atoms with E-state index in [1.807, 2.05) is 24.1 Å². The second kappa shape index (κ2) is 5.78. The highest BCUT2D eigenvalue weighted by atomic mass is 16.5. The van der Waals surface area contributed by atoms with Crippen molar-refractivity contribution in [2.24, 2.45) is 7.05 Å². The zero-order valence-electron chi connectivity index (χ0n) is 9.16. The van der Waals surface area contributed by atoms with E-state index < -0.39 is 0 Å². The molecule has 0 radical (unpaired) electrons. The van der Waals surface area contributed by atoms with Crippen molar-refractivity contribution in [3.8, 4) is 0 Å². The fraction of sp³-hybridized carbons (Fsp3) is 0.700. The number of hydrogen-bond acceptors (Lipinski definition) is 3. The Labute approximate surface area is 85.3 Å². The predicted molar refractivity (Wildman–Crippen MR) is 56.0 cm³/mol. The molecule has 0 aliphatic carbocycles. The Kier molecular flexibility index (Phi) is 4.62. The van der Waals surface area contributed by atoms with Crippen molar-refractivity contribution < 1.29 is 4.74 Å². The molecule has 0 saturated heterocycles. The van der Waals surface area contributed by atoms with Crippen molar-refractivity contribution in [2.75, 3.05) is 13.7 Å². The van der Waals surface area contributed by atoms with Crippen LogP contribution in [0.4, 0.5) is 0 Å². The van der Waals surface area contributed by atoms with Gasteiger partial charge in [-0.25, -0.2) is 0 Å². The number of nitrogens with one attached hydrogen (secondary N) is 1. The van der Waals surface area contributed by atoms with Crippen molar-refractivity contribution in [3.63, 3.8) is 0 Å². The van der Waals surface area contributed by atoms with Gasteiger partial charge in [0.1, 0.15) is 0 Å². The second-order valence-corrected chi connectivity index (χ2v) is 3.59. The minimum Gasteiger partial charge on any atom is -0.385 e. The summed E-state index contributed by atoms with van der Waals surface area (Å²) in [5.74, 6) is 0. The Bertz CT molecular complexity index is 260. The summed E-state index contributed by atoms with van der Waals surface area (Å²) in [5.41, 5.74) is 1.22. The highest BCUT2D eigenvalue weighted by Crippen LogP contribution is 1.98. The molecule has 1 heterocycles. The van der Waals surface area contributed by atoms with Crippen molar-refractivity contribution >= 4 is 0 Å². The van der Waals surface area contributed by atoms with Gasteiger partial charge in [0.05, 0.1) is 6.20 Å². The summed E-state index contributed by atoms with van der Waals surface area (Å²) in [5, 5.41) is 7.52. The highest BCUT2D eigenvalue weighted by molar-refractivity contribution is 5.02. The maximum Gasteiger partial charge on any atom is 0.0534 e. The molecule has 0 fully saturated rings. The van der Waals surface area contributed by atoms with E-state index in [1.165, 1.54) is 5.56 Å². The molecule has 1 N–H and O–H groups in total. The van der Waals surface area contributed by atoms with E-state index in [9.17, 15) is 0 Å². The van der Waals surface area contributed by atoms with E-state index in [0.717, 1.165) is 19.6 Å². The molecular formula is C10H19N3O. The summed E-state index contributed by atoms with van der Waals surface area (Å²) in [6.45, 7) is 3.84. The zero-order valence-corrected chi connectivity index (χ0v) is 9.16. The van der Waals surface area contributed by atoms with E-state index >= 15 is 0 Å². The number of aromatic nitrogens is 2. The number of nitrogens with zero attached hydrogens (tertiary/aromatic N) is 2. The van der Waals surface area contributed by atoms with Crippen molar-refractivity contribution in [1.82, 2.24) is 15.1 Å². The Hall–Kier alpha value is -0.870. The van der Waals surface area contributed by atoms with Gasteiger partial charge in [-0.15, -0.1) is 0 Å². The highest BCUT2D eigenvalue weighted by Gasteiger charge is 2.01. The predicted octanol–water partition coefficient (Wildman–Crippen LogP) is 0.935. The van der Waals surface area contributed by atoms with Crippen LogP contribution in [0.2, 0.25) is 0 Å². The minimum absolute atomic E-state index is 0.482. The molecule has 1 unspecified atom stereocenters. The summed E-state index contributed by atoms with van der Waals surface area (Å²) in [4.78, 5) is 0. The maximum absolute atomic E-state index is 5.01. The maximum atomic E-state index is 5.01. The smallest absolute Gasteiger partial charge is 0.0534 e. The monoisotopic (exact) mass is 197 g/mol. The van der Waals surface area contributed by atoms with Crippen LogP contribution in [0.15, 0.2) is 12.4 Å². The van der Waals surface area contributed by atoms with E-state index in [-0.39, 0.29) is 0 Å². The van der Waals surface area contributed by atoms with Gasteiger partial charge in [-0.05, 0) is 13.3 Å². The molecule has 0 bridgehead atoms. The van der Waals surface area contributed by atoms with E-state index in [2.05, 4.69) is 17.3 Å². The largest absolute Gasteiger partial charge is 0.385 e. The molecule has 0 aliphatic rings. The molecule has 0 aromatic carbocycles. The van der Waals surface area contributed by atoms with Crippen LogP contribution in [0.3, 0.4) is 0 Å². The zero-order chi connectivity index (χ0) is 10.4. The lowest BCUT2D eigenvalue weighted by molar-refractivity contribution is 0.184.